The number of carbonyl (C=O) groups excluding carboxylic acids is 1. The molecular weight excluding hydrogens is 364 g/mol. The summed E-state index contributed by atoms with van der Waals surface area (Å²) in [6.45, 7) is 10.7. The number of ether oxygens (including phenoxy) is 1. The molecule has 4 atom stereocenters. The van der Waals surface area contributed by atoms with Gasteiger partial charge in [-0.2, -0.15) is 0 Å². The van der Waals surface area contributed by atoms with Crippen molar-refractivity contribution in [1.29, 1.82) is 0 Å². The summed E-state index contributed by atoms with van der Waals surface area (Å²) in [7, 11) is 0. The van der Waals surface area contributed by atoms with Gasteiger partial charge in [0.25, 0.3) is 0 Å². The van der Waals surface area contributed by atoms with Gasteiger partial charge in [0.1, 0.15) is 5.60 Å². The fraction of sp³-hybridized carbons (Fsp3) is 0.857. The molecule has 0 saturated heterocycles. The molecule has 138 valence electrons. The number of rotatable bonds is 5. The van der Waals surface area contributed by atoms with Gasteiger partial charge in [0.05, 0.1) is 0 Å². The van der Waals surface area contributed by atoms with Crippen molar-refractivity contribution in [2.24, 2.45) is 23.2 Å². The molecule has 0 bridgehead atoms. The Hall–Kier alpha value is -0.310. The van der Waals surface area contributed by atoms with E-state index in [2.05, 4.69) is 34.8 Å². The first kappa shape index (κ1) is 20.0. The smallest absolute Gasteiger partial charge is 0.306 e. The molecule has 2 nitrogen and oxygen atoms in total. The van der Waals surface area contributed by atoms with E-state index >= 15 is 0 Å². The largest absolute Gasteiger partial charge is 0.460 e. The normalized spacial score (nSPS) is 33.3. The molecule has 0 N–H and O–H groups in total. The molecule has 0 amide bonds. The molecule has 0 aliphatic heterocycles. The monoisotopic (exact) mass is 398 g/mol. The zero-order valence-corrected chi connectivity index (χ0v) is 17.7. The number of carbonyl (C=O) groups is 1. The Kier molecular flexibility index (Phi) is 6.61. The topological polar surface area (TPSA) is 26.3 Å². The maximum atomic E-state index is 11.9. The van der Waals surface area contributed by atoms with Crippen LogP contribution in [-0.4, -0.2) is 11.6 Å². The van der Waals surface area contributed by atoms with Crippen molar-refractivity contribution in [2.45, 2.75) is 91.6 Å². The first-order valence-corrected chi connectivity index (χ1v) is 10.6. The molecule has 0 radical (unpaired) electrons. The van der Waals surface area contributed by atoms with Gasteiger partial charge in [-0.1, -0.05) is 35.4 Å². The lowest BCUT2D eigenvalue weighted by molar-refractivity contribution is -0.155. The fourth-order valence-electron chi connectivity index (χ4n) is 5.31. The van der Waals surface area contributed by atoms with Crippen molar-refractivity contribution >= 4 is 21.9 Å². The lowest BCUT2D eigenvalue weighted by Gasteiger charge is -2.44. The quantitative estimate of drug-likeness (QED) is 0.485. The molecule has 0 spiro atoms. The van der Waals surface area contributed by atoms with E-state index in [1.54, 1.807) is 5.57 Å². The van der Waals surface area contributed by atoms with E-state index in [1.165, 1.54) is 32.1 Å². The van der Waals surface area contributed by atoms with Gasteiger partial charge in [-0.15, -0.1) is 0 Å². The van der Waals surface area contributed by atoms with Crippen LogP contribution in [0.2, 0.25) is 0 Å². The summed E-state index contributed by atoms with van der Waals surface area (Å²) in [6, 6.07) is 0. The zero-order chi connectivity index (χ0) is 18.0. The maximum absolute atomic E-state index is 11.9. The van der Waals surface area contributed by atoms with Crippen molar-refractivity contribution in [3.63, 3.8) is 0 Å². The Morgan fingerprint density at radius 2 is 2.12 bits per heavy atom. The minimum Gasteiger partial charge on any atom is -0.460 e. The molecule has 0 aromatic rings. The standard InChI is InChI=1S/C21H35BrO2/c1-15(8-6-10-19(23)24-20(2,3)4)17-11-12-18-16(14-22)9-7-13-21(17,18)5/h14-15,17-18H,6-13H2,1-5H3/b16-14+/t15-,17-,18+,21-/m1/s1. The number of fused-ring (bicyclic) bond motifs is 1. The number of hydrogen-bond donors (Lipinski definition) is 0. The molecule has 3 heteroatoms. The van der Waals surface area contributed by atoms with Crippen LogP contribution < -0.4 is 0 Å². The fourth-order valence-corrected chi connectivity index (χ4v) is 5.86. The maximum Gasteiger partial charge on any atom is 0.306 e. The van der Waals surface area contributed by atoms with Crippen LogP contribution in [0.5, 0.6) is 0 Å². The van der Waals surface area contributed by atoms with E-state index in [0.717, 1.165) is 24.7 Å². The van der Waals surface area contributed by atoms with E-state index in [9.17, 15) is 4.79 Å². The third-order valence-corrected chi connectivity index (χ3v) is 6.91. The Bertz CT molecular complexity index is 477. The van der Waals surface area contributed by atoms with Crippen LogP contribution >= 0.6 is 15.9 Å². The number of hydrogen-bond acceptors (Lipinski definition) is 2. The highest BCUT2D eigenvalue weighted by Crippen LogP contribution is 2.59. The Morgan fingerprint density at radius 1 is 1.42 bits per heavy atom. The predicted molar refractivity (Wildman–Crippen MR) is 104 cm³/mol. The highest BCUT2D eigenvalue weighted by Gasteiger charge is 2.50. The van der Waals surface area contributed by atoms with Crippen molar-refractivity contribution in [2.75, 3.05) is 0 Å². The molecule has 0 aromatic heterocycles. The zero-order valence-electron chi connectivity index (χ0n) is 16.2. The molecule has 2 rings (SSSR count). The summed E-state index contributed by atoms with van der Waals surface area (Å²) < 4.78 is 5.43. The molecule has 2 aliphatic carbocycles. The van der Waals surface area contributed by atoms with Gasteiger partial charge < -0.3 is 4.74 Å². The van der Waals surface area contributed by atoms with Gasteiger partial charge in [-0.25, -0.2) is 0 Å². The summed E-state index contributed by atoms with van der Waals surface area (Å²) in [5.41, 5.74) is 1.73. The average molecular weight is 399 g/mol. The van der Waals surface area contributed by atoms with Crippen LogP contribution in [0.4, 0.5) is 0 Å². The third kappa shape index (κ3) is 4.65. The molecular formula is C21H35BrO2. The van der Waals surface area contributed by atoms with E-state index in [0.29, 0.717) is 17.8 Å². The lowest BCUT2D eigenvalue weighted by Crippen LogP contribution is -2.35. The van der Waals surface area contributed by atoms with Crippen LogP contribution in [-0.2, 0) is 9.53 Å². The summed E-state index contributed by atoms with van der Waals surface area (Å²) in [6.07, 6.45) is 9.29. The second-order valence-corrected chi connectivity index (χ2v) is 9.69. The van der Waals surface area contributed by atoms with Gasteiger partial charge in [0, 0.05) is 6.42 Å². The third-order valence-electron chi connectivity index (χ3n) is 6.33. The molecule has 2 fully saturated rings. The average Bonchev–Trinajstić information content (AvgIpc) is 2.82. The van der Waals surface area contributed by atoms with Gasteiger partial charge in [-0.05, 0) is 93.9 Å². The van der Waals surface area contributed by atoms with Gasteiger partial charge in [0.15, 0.2) is 0 Å². The highest BCUT2D eigenvalue weighted by molar-refractivity contribution is 9.11. The first-order valence-electron chi connectivity index (χ1n) is 9.68. The van der Waals surface area contributed by atoms with E-state index in [4.69, 9.17) is 4.74 Å². The Labute approximate surface area is 156 Å². The molecule has 2 aliphatic rings. The Morgan fingerprint density at radius 3 is 2.75 bits per heavy atom. The lowest BCUT2D eigenvalue weighted by atomic mass is 9.61. The molecule has 2 saturated carbocycles. The summed E-state index contributed by atoms with van der Waals surface area (Å²) in [4.78, 5) is 14.1. The molecule has 24 heavy (non-hydrogen) atoms. The molecule has 0 heterocycles. The second-order valence-electron chi connectivity index (χ2n) is 9.24. The van der Waals surface area contributed by atoms with Crippen molar-refractivity contribution in [1.82, 2.24) is 0 Å². The second kappa shape index (κ2) is 7.93. The number of esters is 1. The predicted octanol–water partition coefficient (Wildman–Crippen LogP) is 6.63. The highest BCUT2D eigenvalue weighted by atomic mass is 79.9. The van der Waals surface area contributed by atoms with Crippen LogP contribution in [0, 0.1) is 23.2 Å². The van der Waals surface area contributed by atoms with Crippen molar-refractivity contribution in [3.8, 4) is 0 Å². The number of halogens is 1. The van der Waals surface area contributed by atoms with E-state index in [1.807, 2.05) is 20.8 Å². The van der Waals surface area contributed by atoms with Crippen molar-refractivity contribution < 1.29 is 9.53 Å². The molecule has 0 unspecified atom stereocenters. The van der Waals surface area contributed by atoms with E-state index < -0.39 is 0 Å². The van der Waals surface area contributed by atoms with Crippen molar-refractivity contribution in [3.05, 3.63) is 10.6 Å². The minimum atomic E-state index is -0.366. The van der Waals surface area contributed by atoms with E-state index in [-0.39, 0.29) is 11.6 Å². The SMILES string of the molecule is C[C@H](CCCC(=O)OC(C)(C)C)[C@H]1CC[C@H]2/C(=C/Br)CCC[C@]12C. The van der Waals surface area contributed by atoms with Crippen LogP contribution in [0.3, 0.4) is 0 Å². The van der Waals surface area contributed by atoms with Crippen LogP contribution in [0.1, 0.15) is 86.0 Å². The van der Waals surface area contributed by atoms with Gasteiger partial charge >= 0.3 is 5.97 Å². The Balaban J connectivity index is 1.87. The van der Waals surface area contributed by atoms with Crippen LogP contribution in [0.25, 0.3) is 0 Å². The number of allylic oxidation sites excluding steroid dienone is 1. The summed E-state index contributed by atoms with van der Waals surface area (Å²) in [5, 5.41) is 0. The minimum absolute atomic E-state index is 0.0487. The summed E-state index contributed by atoms with van der Waals surface area (Å²) in [5.74, 6) is 2.21. The van der Waals surface area contributed by atoms with Gasteiger partial charge in [0.2, 0.25) is 0 Å². The first-order chi connectivity index (χ1) is 11.2. The summed E-state index contributed by atoms with van der Waals surface area (Å²) >= 11 is 3.60. The van der Waals surface area contributed by atoms with Crippen LogP contribution in [0.15, 0.2) is 10.6 Å². The molecule has 0 aromatic carbocycles. The van der Waals surface area contributed by atoms with Gasteiger partial charge in [-0.3, -0.25) is 4.79 Å².